The quantitative estimate of drug-likeness (QED) is 0.602. The number of halogens is 2. The van der Waals surface area contributed by atoms with Gasteiger partial charge in [0.1, 0.15) is 11.4 Å². The van der Waals surface area contributed by atoms with Gasteiger partial charge in [0.2, 0.25) is 0 Å². The van der Waals surface area contributed by atoms with Gasteiger partial charge in [0.25, 0.3) is 5.69 Å². The molecule has 0 unspecified atom stereocenters. The molecule has 0 aromatic heterocycles. The summed E-state index contributed by atoms with van der Waals surface area (Å²) >= 11 is 9.27. The van der Waals surface area contributed by atoms with E-state index < -0.39 is 4.92 Å². The van der Waals surface area contributed by atoms with Crippen molar-refractivity contribution >= 4 is 44.6 Å². The smallest absolute Gasteiger partial charge is 0.293 e. The molecule has 2 rings (SSSR count). The SMILES string of the molecule is COc1cc(Cl)c(C)cc1Nc1ccc(Br)cc1[N+](=O)[O-]. The molecule has 0 spiro atoms. The van der Waals surface area contributed by atoms with Crippen molar-refractivity contribution in [1.29, 1.82) is 0 Å². The van der Waals surface area contributed by atoms with Crippen LogP contribution in [0.25, 0.3) is 0 Å². The molecule has 21 heavy (non-hydrogen) atoms. The third-order valence-electron chi connectivity index (χ3n) is 2.91. The molecule has 0 fully saturated rings. The van der Waals surface area contributed by atoms with Crippen molar-refractivity contribution in [3.63, 3.8) is 0 Å². The van der Waals surface area contributed by atoms with E-state index in [1.807, 2.05) is 6.92 Å². The Morgan fingerprint density at radius 2 is 2.00 bits per heavy atom. The van der Waals surface area contributed by atoms with E-state index in [-0.39, 0.29) is 5.69 Å². The summed E-state index contributed by atoms with van der Waals surface area (Å²) in [4.78, 5) is 10.7. The number of nitrogens with zero attached hydrogens (tertiary/aromatic N) is 1. The number of anilines is 2. The number of ether oxygens (including phenoxy) is 1. The third kappa shape index (κ3) is 3.46. The number of methoxy groups -OCH3 is 1. The van der Waals surface area contributed by atoms with Gasteiger partial charge < -0.3 is 10.1 Å². The number of nitrogens with one attached hydrogen (secondary N) is 1. The number of rotatable bonds is 4. The summed E-state index contributed by atoms with van der Waals surface area (Å²) < 4.78 is 5.89. The van der Waals surface area contributed by atoms with Gasteiger partial charge in [-0.15, -0.1) is 0 Å². The van der Waals surface area contributed by atoms with Gasteiger partial charge in [0.15, 0.2) is 0 Å². The first-order valence-corrected chi connectivity index (χ1v) is 7.14. The second-order valence-corrected chi connectivity index (χ2v) is 5.67. The topological polar surface area (TPSA) is 64.4 Å². The molecule has 0 bridgehead atoms. The van der Waals surface area contributed by atoms with Crippen molar-refractivity contribution in [3.8, 4) is 5.75 Å². The predicted molar refractivity (Wildman–Crippen MR) is 86.8 cm³/mol. The van der Waals surface area contributed by atoms with Gasteiger partial charge in [-0.1, -0.05) is 27.5 Å². The zero-order valence-corrected chi connectivity index (χ0v) is 13.7. The normalized spacial score (nSPS) is 10.3. The highest BCUT2D eigenvalue weighted by molar-refractivity contribution is 9.10. The summed E-state index contributed by atoms with van der Waals surface area (Å²) in [5.41, 5.74) is 1.81. The fraction of sp³-hybridized carbons (Fsp3) is 0.143. The largest absolute Gasteiger partial charge is 0.495 e. The maximum absolute atomic E-state index is 11.1. The van der Waals surface area contributed by atoms with Crippen molar-refractivity contribution in [3.05, 3.63) is 55.5 Å². The van der Waals surface area contributed by atoms with Crippen molar-refractivity contribution in [2.24, 2.45) is 0 Å². The average molecular weight is 372 g/mol. The lowest BCUT2D eigenvalue weighted by molar-refractivity contribution is -0.384. The first kappa shape index (κ1) is 15.6. The predicted octanol–water partition coefficient (Wildman–Crippen LogP) is 5.07. The van der Waals surface area contributed by atoms with Gasteiger partial charge >= 0.3 is 0 Å². The lowest BCUT2D eigenvalue weighted by Crippen LogP contribution is -1.99. The molecule has 0 amide bonds. The molecule has 0 saturated heterocycles. The maximum atomic E-state index is 11.1. The van der Waals surface area contributed by atoms with E-state index in [4.69, 9.17) is 16.3 Å². The number of benzene rings is 2. The van der Waals surface area contributed by atoms with Gasteiger partial charge in [-0.05, 0) is 30.7 Å². The zero-order valence-electron chi connectivity index (χ0n) is 11.3. The minimum atomic E-state index is -0.442. The van der Waals surface area contributed by atoms with Gasteiger partial charge in [-0.25, -0.2) is 0 Å². The Labute approximate surface area is 135 Å². The molecule has 0 aliphatic carbocycles. The van der Waals surface area contributed by atoms with Crippen molar-refractivity contribution in [2.75, 3.05) is 12.4 Å². The van der Waals surface area contributed by atoms with E-state index >= 15 is 0 Å². The van der Waals surface area contributed by atoms with Crippen LogP contribution in [-0.2, 0) is 0 Å². The highest BCUT2D eigenvalue weighted by Crippen LogP contribution is 2.36. The van der Waals surface area contributed by atoms with E-state index in [1.54, 1.807) is 24.3 Å². The first-order chi connectivity index (χ1) is 9.92. The Kier molecular flexibility index (Phi) is 4.69. The van der Waals surface area contributed by atoms with Crippen LogP contribution in [0.4, 0.5) is 17.1 Å². The summed E-state index contributed by atoms with van der Waals surface area (Å²) in [5, 5.41) is 14.7. The molecule has 7 heteroatoms. The van der Waals surface area contributed by atoms with Gasteiger partial charge in [-0.3, -0.25) is 10.1 Å². The fourth-order valence-electron chi connectivity index (χ4n) is 1.84. The number of hydrogen-bond acceptors (Lipinski definition) is 4. The highest BCUT2D eigenvalue weighted by Gasteiger charge is 2.16. The minimum Gasteiger partial charge on any atom is -0.495 e. The Bertz CT molecular complexity index is 707. The molecule has 5 nitrogen and oxygen atoms in total. The Balaban J connectivity index is 2.47. The molecule has 0 heterocycles. The molecule has 2 aromatic rings. The first-order valence-electron chi connectivity index (χ1n) is 5.97. The van der Waals surface area contributed by atoms with Crippen molar-refractivity contribution in [2.45, 2.75) is 6.92 Å². The van der Waals surface area contributed by atoms with Gasteiger partial charge in [0, 0.05) is 21.6 Å². The van der Waals surface area contributed by atoms with E-state index in [0.717, 1.165) is 5.56 Å². The summed E-state index contributed by atoms with van der Waals surface area (Å²) in [7, 11) is 1.52. The Morgan fingerprint density at radius 3 is 2.62 bits per heavy atom. The monoisotopic (exact) mass is 370 g/mol. The Morgan fingerprint density at radius 1 is 1.29 bits per heavy atom. The minimum absolute atomic E-state index is 0.0287. The summed E-state index contributed by atoms with van der Waals surface area (Å²) in [6.45, 7) is 1.85. The number of aryl methyl sites for hydroxylation is 1. The maximum Gasteiger partial charge on any atom is 0.293 e. The molecule has 2 aromatic carbocycles. The Hall–Kier alpha value is -1.79. The molecule has 0 aliphatic heterocycles. The molecule has 110 valence electrons. The van der Waals surface area contributed by atoms with E-state index in [1.165, 1.54) is 13.2 Å². The molecule has 0 aliphatic rings. The van der Waals surface area contributed by atoms with Crippen LogP contribution >= 0.6 is 27.5 Å². The second-order valence-electron chi connectivity index (χ2n) is 4.35. The van der Waals surface area contributed by atoms with Gasteiger partial charge in [-0.2, -0.15) is 0 Å². The van der Waals surface area contributed by atoms with E-state index in [2.05, 4.69) is 21.2 Å². The molecule has 0 atom stereocenters. The van der Waals surface area contributed by atoms with Crippen LogP contribution in [0.15, 0.2) is 34.8 Å². The summed E-state index contributed by atoms with van der Waals surface area (Å²) in [6, 6.07) is 8.25. The third-order valence-corrected chi connectivity index (χ3v) is 3.81. The molecule has 0 radical (unpaired) electrons. The van der Waals surface area contributed by atoms with Crippen molar-refractivity contribution in [1.82, 2.24) is 0 Å². The van der Waals surface area contributed by atoms with Gasteiger partial charge in [0.05, 0.1) is 17.7 Å². The van der Waals surface area contributed by atoms with E-state index in [9.17, 15) is 10.1 Å². The second kappa shape index (κ2) is 6.32. The van der Waals surface area contributed by atoms with Crippen LogP contribution in [0.1, 0.15) is 5.56 Å². The highest BCUT2D eigenvalue weighted by atomic mass is 79.9. The lowest BCUT2D eigenvalue weighted by atomic mass is 10.2. The van der Waals surface area contributed by atoms with E-state index in [0.29, 0.717) is 26.6 Å². The van der Waals surface area contributed by atoms with Crippen LogP contribution in [0.5, 0.6) is 5.75 Å². The van der Waals surface area contributed by atoms with Crippen LogP contribution in [0.2, 0.25) is 5.02 Å². The zero-order chi connectivity index (χ0) is 15.6. The van der Waals surface area contributed by atoms with Crippen LogP contribution in [0.3, 0.4) is 0 Å². The molecular weight excluding hydrogens is 360 g/mol. The number of hydrogen-bond donors (Lipinski definition) is 1. The number of nitro benzene ring substituents is 1. The summed E-state index contributed by atoms with van der Waals surface area (Å²) in [5.74, 6) is 0.516. The van der Waals surface area contributed by atoms with Crippen LogP contribution in [0, 0.1) is 17.0 Å². The summed E-state index contributed by atoms with van der Waals surface area (Å²) in [6.07, 6.45) is 0. The molecule has 0 saturated carbocycles. The molecule has 1 N–H and O–H groups in total. The standard InChI is InChI=1S/C14H12BrClN2O3/c1-8-5-12(14(21-2)7-10(8)16)17-11-4-3-9(15)6-13(11)18(19)20/h3-7,17H,1-2H3. The fourth-order valence-corrected chi connectivity index (χ4v) is 2.34. The molecular formula is C14H12BrClN2O3. The number of nitro groups is 1. The van der Waals surface area contributed by atoms with Crippen LogP contribution < -0.4 is 10.1 Å². The lowest BCUT2D eigenvalue weighted by Gasteiger charge is -2.13. The average Bonchev–Trinajstić information content (AvgIpc) is 2.44. The van der Waals surface area contributed by atoms with Crippen molar-refractivity contribution < 1.29 is 9.66 Å². The van der Waals surface area contributed by atoms with Crippen LogP contribution in [-0.4, -0.2) is 12.0 Å².